The highest BCUT2D eigenvalue weighted by molar-refractivity contribution is 5.80. The van der Waals surface area contributed by atoms with Gasteiger partial charge in [0.25, 0.3) is 0 Å². The molecule has 2 fully saturated rings. The number of aromatic nitrogens is 3. The number of nitrogens with one attached hydrogen (secondary N) is 1. The molecule has 0 aromatic carbocycles. The number of guanidine groups is 1. The first-order valence-electron chi connectivity index (χ1n) is 9.74. The van der Waals surface area contributed by atoms with Gasteiger partial charge in [-0.3, -0.25) is 4.99 Å². The zero-order valence-corrected chi connectivity index (χ0v) is 15.7. The van der Waals surface area contributed by atoms with Crippen LogP contribution in [0.1, 0.15) is 38.9 Å². The third-order valence-corrected chi connectivity index (χ3v) is 5.13. The van der Waals surface area contributed by atoms with Crippen molar-refractivity contribution < 1.29 is 4.74 Å². The summed E-state index contributed by atoms with van der Waals surface area (Å²) in [5.41, 5.74) is 0. The number of ether oxygens (including phenoxy) is 1. The molecule has 2 aliphatic heterocycles. The van der Waals surface area contributed by atoms with E-state index in [2.05, 4.69) is 38.8 Å². The molecule has 7 nitrogen and oxygen atoms in total. The summed E-state index contributed by atoms with van der Waals surface area (Å²) in [5.74, 6) is 3.41. The molecule has 0 amide bonds. The van der Waals surface area contributed by atoms with Gasteiger partial charge in [0.2, 0.25) is 0 Å². The molecule has 0 radical (unpaired) electrons. The van der Waals surface area contributed by atoms with Gasteiger partial charge in [0.15, 0.2) is 5.96 Å². The van der Waals surface area contributed by atoms with Gasteiger partial charge in [0, 0.05) is 51.7 Å². The van der Waals surface area contributed by atoms with E-state index in [9.17, 15) is 0 Å². The van der Waals surface area contributed by atoms with Crippen molar-refractivity contribution in [2.45, 2.75) is 46.1 Å². The maximum Gasteiger partial charge on any atom is 0.194 e. The molecular weight excluding hydrogens is 316 g/mol. The molecule has 2 unspecified atom stereocenters. The Morgan fingerprint density at radius 3 is 3.12 bits per heavy atom. The lowest BCUT2D eigenvalue weighted by atomic mass is 10.0. The van der Waals surface area contributed by atoms with Crippen molar-refractivity contribution in [1.29, 1.82) is 0 Å². The topological polar surface area (TPSA) is 67.6 Å². The Balaban J connectivity index is 1.57. The minimum absolute atomic E-state index is 0.573. The molecular formula is C18H32N6O. The van der Waals surface area contributed by atoms with Crippen LogP contribution in [0.5, 0.6) is 0 Å². The molecule has 7 heteroatoms. The summed E-state index contributed by atoms with van der Waals surface area (Å²) in [5, 5.41) is 11.7. The lowest BCUT2D eigenvalue weighted by molar-refractivity contribution is 0.187. The molecule has 3 rings (SSSR count). The van der Waals surface area contributed by atoms with Crippen LogP contribution in [-0.4, -0.2) is 65.0 Å². The Morgan fingerprint density at radius 2 is 2.36 bits per heavy atom. The summed E-state index contributed by atoms with van der Waals surface area (Å²) < 4.78 is 7.61. The van der Waals surface area contributed by atoms with Crippen LogP contribution in [0.25, 0.3) is 0 Å². The summed E-state index contributed by atoms with van der Waals surface area (Å²) in [6.07, 6.45) is 6.43. The van der Waals surface area contributed by atoms with Crippen molar-refractivity contribution in [3.8, 4) is 0 Å². The molecule has 3 heterocycles. The maximum absolute atomic E-state index is 5.49. The number of hydrogen-bond donors (Lipinski definition) is 1. The van der Waals surface area contributed by atoms with Crippen molar-refractivity contribution >= 4 is 5.96 Å². The number of hydrogen-bond acceptors (Lipinski definition) is 4. The largest absolute Gasteiger partial charge is 0.381 e. The normalized spacial score (nSPS) is 24.7. The fourth-order valence-corrected chi connectivity index (χ4v) is 3.62. The van der Waals surface area contributed by atoms with E-state index in [0.29, 0.717) is 5.92 Å². The average Bonchev–Trinajstić information content (AvgIpc) is 3.29. The molecule has 2 atom stereocenters. The first kappa shape index (κ1) is 18.2. The molecule has 140 valence electrons. The van der Waals surface area contributed by atoms with Crippen LogP contribution in [0.4, 0.5) is 0 Å². The van der Waals surface area contributed by atoms with Gasteiger partial charge in [0.1, 0.15) is 12.2 Å². The molecule has 1 aromatic rings. The summed E-state index contributed by atoms with van der Waals surface area (Å²) in [6.45, 7) is 11.0. The van der Waals surface area contributed by atoms with Crippen LogP contribution in [-0.2, 0) is 17.7 Å². The van der Waals surface area contributed by atoms with E-state index < -0.39 is 0 Å². The first-order chi connectivity index (χ1) is 12.3. The van der Waals surface area contributed by atoms with E-state index >= 15 is 0 Å². The second-order valence-corrected chi connectivity index (χ2v) is 7.31. The van der Waals surface area contributed by atoms with Crippen LogP contribution in [0.2, 0.25) is 0 Å². The molecule has 2 saturated heterocycles. The Labute approximate surface area is 150 Å². The zero-order chi connectivity index (χ0) is 17.5. The van der Waals surface area contributed by atoms with Crippen molar-refractivity contribution in [2.24, 2.45) is 16.8 Å². The van der Waals surface area contributed by atoms with E-state index in [0.717, 1.165) is 76.5 Å². The molecule has 1 aromatic heterocycles. The van der Waals surface area contributed by atoms with E-state index in [1.165, 1.54) is 12.8 Å². The van der Waals surface area contributed by atoms with Crippen molar-refractivity contribution in [3.05, 3.63) is 12.2 Å². The monoisotopic (exact) mass is 348 g/mol. The van der Waals surface area contributed by atoms with Gasteiger partial charge in [-0.2, -0.15) is 0 Å². The Kier molecular flexibility index (Phi) is 6.67. The standard InChI is InChI=1S/C18H32N6O/c1-3-17-22-21-14-24(17)9-7-19-18(20-11-16-6-10-25-13-16)23-8-4-5-15(2)12-23/h14-16H,3-13H2,1-2H3,(H,19,20). The second-order valence-electron chi connectivity index (χ2n) is 7.31. The van der Waals surface area contributed by atoms with Crippen LogP contribution < -0.4 is 5.32 Å². The van der Waals surface area contributed by atoms with E-state index in [1.807, 2.05) is 6.33 Å². The second kappa shape index (κ2) is 9.17. The van der Waals surface area contributed by atoms with E-state index in [-0.39, 0.29) is 0 Å². The van der Waals surface area contributed by atoms with Crippen LogP contribution >= 0.6 is 0 Å². The highest BCUT2D eigenvalue weighted by Crippen LogP contribution is 2.16. The molecule has 0 saturated carbocycles. The van der Waals surface area contributed by atoms with Crippen LogP contribution in [0, 0.1) is 11.8 Å². The fraction of sp³-hybridized carbons (Fsp3) is 0.833. The van der Waals surface area contributed by atoms with Gasteiger partial charge in [-0.25, -0.2) is 0 Å². The summed E-state index contributed by atoms with van der Waals surface area (Å²) in [7, 11) is 0. The average molecular weight is 348 g/mol. The number of rotatable bonds is 6. The quantitative estimate of drug-likeness (QED) is 0.624. The Bertz CT molecular complexity index is 552. The van der Waals surface area contributed by atoms with Crippen LogP contribution in [0.15, 0.2) is 11.3 Å². The summed E-state index contributed by atoms with van der Waals surface area (Å²) in [6, 6.07) is 0. The van der Waals surface area contributed by atoms with Crippen molar-refractivity contribution in [3.63, 3.8) is 0 Å². The van der Waals surface area contributed by atoms with Crippen molar-refractivity contribution in [2.75, 3.05) is 39.4 Å². The minimum atomic E-state index is 0.573. The van der Waals surface area contributed by atoms with Crippen molar-refractivity contribution in [1.82, 2.24) is 25.0 Å². The minimum Gasteiger partial charge on any atom is -0.381 e. The maximum atomic E-state index is 5.49. The molecule has 25 heavy (non-hydrogen) atoms. The summed E-state index contributed by atoms with van der Waals surface area (Å²) in [4.78, 5) is 7.36. The number of piperidine rings is 1. The molecule has 0 bridgehead atoms. The smallest absolute Gasteiger partial charge is 0.194 e. The van der Waals surface area contributed by atoms with Crippen LogP contribution in [0.3, 0.4) is 0 Å². The number of likely N-dealkylation sites (tertiary alicyclic amines) is 1. The third-order valence-electron chi connectivity index (χ3n) is 5.13. The van der Waals surface area contributed by atoms with E-state index in [1.54, 1.807) is 0 Å². The number of aryl methyl sites for hydroxylation is 1. The highest BCUT2D eigenvalue weighted by atomic mass is 16.5. The van der Waals surface area contributed by atoms with Gasteiger partial charge in [0.05, 0.1) is 6.61 Å². The number of nitrogens with zero attached hydrogens (tertiary/aromatic N) is 5. The Hall–Kier alpha value is -1.63. The Morgan fingerprint density at radius 1 is 1.44 bits per heavy atom. The summed E-state index contributed by atoms with van der Waals surface area (Å²) >= 11 is 0. The van der Waals surface area contributed by atoms with Gasteiger partial charge in [-0.15, -0.1) is 10.2 Å². The predicted molar refractivity (Wildman–Crippen MR) is 98.6 cm³/mol. The van der Waals surface area contributed by atoms with E-state index in [4.69, 9.17) is 9.73 Å². The highest BCUT2D eigenvalue weighted by Gasteiger charge is 2.21. The predicted octanol–water partition coefficient (Wildman–Crippen LogP) is 1.55. The molecule has 0 spiro atoms. The van der Waals surface area contributed by atoms with Gasteiger partial charge in [-0.05, 0) is 25.2 Å². The SMILES string of the molecule is CCc1nncn1CCNC(=NCC1CCOC1)N1CCCC(C)C1. The first-order valence-corrected chi connectivity index (χ1v) is 9.74. The third kappa shape index (κ3) is 5.17. The molecule has 1 N–H and O–H groups in total. The lowest BCUT2D eigenvalue weighted by Crippen LogP contribution is -2.47. The fourth-order valence-electron chi connectivity index (χ4n) is 3.62. The lowest BCUT2D eigenvalue weighted by Gasteiger charge is -2.34. The van der Waals surface area contributed by atoms with Gasteiger partial charge >= 0.3 is 0 Å². The van der Waals surface area contributed by atoms with Gasteiger partial charge < -0.3 is 19.5 Å². The zero-order valence-electron chi connectivity index (χ0n) is 15.7. The molecule has 0 aliphatic carbocycles. The number of aliphatic imine (C=N–C) groups is 1. The molecule has 2 aliphatic rings. The van der Waals surface area contributed by atoms with Gasteiger partial charge in [-0.1, -0.05) is 13.8 Å².